The zero-order valence-corrected chi connectivity index (χ0v) is 10.0. The van der Waals surface area contributed by atoms with Crippen LogP contribution < -0.4 is 11.1 Å². The fraction of sp³-hybridized carbons (Fsp3) is 0.600. The minimum absolute atomic E-state index is 0.148. The molecule has 0 aromatic rings. The molecule has 0 aromatic heterocycles. The minimum atomic E-state index is -1.36. The lowest BCUT2D eigenvalue weighted by Crippen LogP contribution is -2.49. The Morgan fingerprint density at radius 2 is 2.11 bits per heavy atom. The van der Waals surface area contributed by atoms with Crippen LogP contribution in [0, 0.1) is 11.3 Å². The molecule has 1 unspecified atom stereocenters. The van der Waals surface area contributed by atoms with Crippen LogP contribution in [0.5, 0.6) is 0 Å². The minimum Gasteiger partial charge on any atom is -0.480 e. The van der Waals surface area contributed by atoms with E-state index in [2.05, 4.69) is 5.32 Å². The number of urea groups is 1. The summed E-state index contributed by atoms with van der Waals surface area (Å²) in [6, 6.07) is -0.109. The third-order valence-corrected chi connectivity index (χ3v) is 2.16. The topological polar surface area (TPSA) is 137 Å². The number of nitrogens with zero attached hydrogens (tertiary/aromatic N) is 2. The summed E-state index contributed by atoms with van der Waals surface area (Å²) in [6.45, 7) is 2.22. The van der Waals surface area contributed by atoms with Crippen molar-refractivity contribution in [1.29, 1.82) is 5.26 Å². The highest BCUT2D eigenvalue weighted by atomic mass is 16.4. The van der Waals surface area contributed by atoms with Gasteiger partial charge in [0, 0.05) is 13.1 Å². The first kappa shape index (κ1) is 15.7. The molecule has 0 bridgehead atoms. The monoisotopic (exact) mass is 256 g/mol. The molecule has 0 radical (unpaired) electrons. The molecule has 18 heavy (non-hydrogen) atoms. The zero-order valence-electron chi connectivity index (χ0n) is 10.0. The number of nitrogens with two attached hydrogens (primary N) is 1. The number of hydrogen-bond acceptors (Lipinski definition) is 4. The van der Waals surface area contributed by atoms with Crippen molar-refractivity contribution >= 4 is 17.9 Å². The van der Waals surface area contributed by atoms with Gasteiger partial charge in [0.15, 0.2) is 0 Å². The average Bonchev–Trinajstić information content (AvgIpc) is 2.28. The van der Waals surface area contributed by atoms with E-state index in [9.17, 15) is 14.4 Å². The quantitative estimate of drug-likeness (QED) is 0.551. The molecule has 0 fully saturated rings. The Morgan fingerprint density at radius 1 is 1.50 bits per heavy atom. The van der Waals surface area contributed by atoms with E-state index >= 15 is 0 Å². The normalized spacial score (nSPS) is 11.1. The number of amides is 3. The van der Waals surface area contributed by atoms with Gasteiger partial charge in [-0.3, -0.25) is 4.79 Å². The largest absolute Gasteiger partial charge is 0.480 e. The van der Waals surface area contributed by atoms with E-state index in [-0.39, 0.29) is 13.0 Å². The molecule has 0 saturated heterocycles. The molecule has 0 aromatic carbocycles. The number of nitriles is 1. The second kappa shape index (κ2) is 7.89. The molecular weight excluding hydrogens is 240 g/mol. The molecule has 0 heterocycles. The summed E-state index contributed by atoms with van der Waals surface area (Å²) in [4.78, 5) is 34.4. The van der Waals surface area contributed by atoms with Gasteiger partial charge in [-0.05, 0) is 6.92 Å². The molecule has 0 aliphatic carbocycles. The van der Waals surface area contributed by atoms with Crippen molar-refractivity contribution in [3.8, 4) is 6.07 Å². The standard InChI is InChI=1S/C10H16N4O4/c1-2-14(5-3-4-11)10(18)13-7(9(16)17)6-8(12)15/h7H,2-3,5-6H2,1H3,(H2,12,15)(H,13,18)(H,16,17). The SMILES string of the molecule is CCN(CCC#N)C(=O)NC(CC(N)=O)C(=O)O. The number of carbonyl (C=O) groups excluding carboxylic acids is 2. The Bertz CT molecular complexity index is 363. The van der Waals surface area contributed by atoms with Crippen LogP contribution >= 0.6 is 0 Å². The van der Waals surface area contributed by atoms with Crippen LogP contribution in [0.4, 0.5) is 4.79 Å². The van der Waals surface area contributed by atoms with Crippen molar-refractivity contribution in [1.82, 2.24) is 10.2 Å². The Kier molecular flexibility index (Phi) is 6.88. The number of nitrogens with one attached hydrogen (secondary N) is 1. The maximum absolute atomic E-state index is 11.7. The van der Waals surface area contributed by atoms with E-state index < -0.39 is 30.4 Å². The Morgan fingerprint density at radius 3 is 2.50 bits per heavy atom. The Balaban J connectivity index is 4.52. The van der Waals surface area contributed by atoms with Crippen LogP contribution in [0.2, 0.25) is 0 Å². The maximum atomic E-state index is 11.7. The van der Waals surface area contributed by atoms with Crippen LogP contribution in [-0.4, -0.2) is 47.0 Å². The molecular formula is C10H16N4O4. The molecule has 8 heteroatoms. The van der Waals surface area contributed by atoms with Crippen LogP contribution in [0.15, 0.2) is 0 Å². The van der Waals surface area contributed by atoms with E-state index in [0.717, 1.165) is 0 Å². The molecule has 0 rings (SSSR count). The molecule has 8 nitrogen and oxygen atoms in total. The summed E-state index contributed by atoms with van der Waals surface area (Å²) in [6.07, 6.45) is -0.328. The second-order valence-electron chi connectivity index (χ2n) is 3.50. The number of rotatable bonds is 7. The maximum Gasteiger partial charge on any atom is 0.326 e. The summed E-state index contributed by atoms with van der Waals surface area (Å²) < 4.78 is 0. The number of carboxylic acids is 1. The lowest BCUT2D eigenvalue weighted by atomic mass is 10.2. The van der Waals surface area contributed by atoms with E-state index in [4.69, 9.17) is 16.1 Å². The van der Waals surface area contributed by atoms with Crippen molar-refractivity contribution in [2.45, 2.75) is 25.8 Å². The first-order valence-corrected chi connectivity index (χ1v) is 5.35. The van der Waals surface area contributed by atoms with Gasteiger partial charge in [-0.25, -0.2) is 9.59 Å². The first-order valence-electron chi connectivity index (χ1n) is 5.35. The van der Waals surface area contributed by atoms with Gasteiger partial charge in [0.2, 0.25) is 5.91 Å². The van der Waals surface area contributed by atoms with Crippen molar-refractivity contribution in [3.05, 3.63) is 0 Å². The second-order valence-corrected chi connectivity index (χ2v) is 3.50. The summed E-state index contributed by atoms with van der Waals surface area (Å²) in [5.74, 6) is -2.15. The number of primary amides is 1. The van der Waals surface area contributed by atoms with Gasteiger partial charge in [-0.15, -0.1) is 0 Å². The highest BCUT2D eigenvalue weighted by Crippen LogP contribution is 1.97. The highest BCUT2D eigenvalue weighted by molar-refractivity contribution is 5.87. The van der Waals surface area contributed by atoms with E-state index in [1.54, 1.807) is 6.92 Å². The smallest absolute Gasteiger partial charge is 0.326 e. The number of hydrogen-bond donors (Lipinski definition) is 3. The van der Waals surface area contributed by atoms with Gasteiger partial charge in [-0.2, -0.15) is 5.26 Å². The van der Waals surface area contributed by atoms with Crippen molar-refractivity contribution in [3.63, 3.8) is 0 Å². The van der Waals surface area contributed by atoms with Crippen molar-refractivity contribution in [2.24, 2.45) is 5.73 Å². The van der Waals surface area contributed by atoms with Gasteiger partial charge in [0.25, 0.3) is 0 Å². The number of aliphatic carboxylic acids is 1. The third-order valence-electron chi connectivity index (χ3n) is 2.16. The van der Waals surface area contributed by atoms with Crippen LogP contribution in [0.3, 0.4) is 0 Å². The first-order chi connectivity index (χ1) is 8.42. The van der Waals surface area contributed by atoms with Crippen LogP contribution in [-0.2, 0) is 9.59 Å². The fourth-order valence-corrected chi connectivity index (χ4v) is 1.23. The summed E-state index contributed by atoms with van der Waals surface area (Å²) in [5.41, 5.74) is 4.89. The number of carbonyl (C=O) groups is 3. The van der Waals surface area contributed by atoms with Gasteiger partial charge >= 0.3 is 12.0 Å². The predicted octanol–water partition coefficient (Wildman–Crippen LogP) is -0.740. The lowest BCUT2D eigenvalue weighted by molar-refractivity contribution is -0.140. The van der Waals surface area contributed by atoms with Gasteiger partial charge < -0.3 is 21.1 Å². The molecule has 0 aliphatic rings. The van der Waals surface area contributed by atoms with E-state index in [1.165, 1.54) is 4.90 Å². The van der Waals surface area contributed by atoms with Crippen molar-refractivity contribution < 1.29 is 19.5 Å². The van der Waals surface area contributed by atoms with Crippen LogP contribution in [0.25, 0.3) is 0 Å². The summed E-state index contributed by atoms with van der Waals surface area (Å²) in [7, 11) is 0. The Hall–Kier alpha value is -2.30. The zero-order chi connectivity index (χ0) is 14.1. The molecule has 0 spiro atoms. The van der Waals surface area contributed by atoms with Crippen molar-refractivity contribution in [2.75, 3.05) is 13.1 Å². The predicted molar refractivity (Wildman–Crippen MR) is 61.2 cm³/mol. The third kappa shape index (κ3) is 5.69. The molecule has 3 amide bonds. The number of carboxylic acid groups (broad SMARTS) is 1. The summed E-state index contributed by atoms with van der Waals surface area (Å²) in [5, 5.41) is 19.4. The average molecular weight is 256 g/mol. The molecule has 100 valence electrons. The van der Waals surface area contributed by atoms with Gasteiger partial charge in [0.05, 0.1) is 18.9 Å². The molecule has 0 saturated carbocycles. The van der Waals surface area contributed by atoms with Gasteiger partial charge in [0.1, 0.15) is 6.04 Å². The Labute approximate surface area is 104 Å². The summed E-state index contributed by atoms with van der Waals surface area (Å²) >= 11 is 0. The molecule has 0 aliphatic heterocycles. The molecule has 1 atom stereocenters. The lowest BCUT2D eigenvalue weighted by Gasteiger charge is -2.22. The van der Waals surface area contributed by atoms with E-state index in [0.29, 0.717) is 6.54 Å². The molecule has 4 N–H and O–H groups in total. The fourth-order valence-electron chi connectivity index (χ4n) is 1.23. The highest BCUT2D eigenvalue weighted by Gasteiger charge is 2.24. The van der Waals surface area contributed by atoms with E-state index in [1.807, 2.05) is 6.07 Å². The van der Waals surface area contributed by atoms with Gasteiger partial charge in [-0.1, -0.05) is 0 Å². The van der Waals surface area contributed by atoms with Crippen LogP contribution in [0.1, 0.15) is 19.8 Å².